The van der Waals surface area contributed by atoms with Crippen LogP contribution >= 0.6 is 22.7 Å². The second-order valence-electron chi connectivity index (χ2n) is 10.2. The summed E-state index contributed by atoms with van der Waals surface area (Å²) in [5.74, 6) is 6.01. The molecular formula is C34H48N2O4S3. The molecule has 2 aliphatic rings. The molecule has 1 unspecified atom stereocenters. The van der Waals surface area contributed by atoms with Gasteiger partial charge in [0.2, 0.25) is 0 Å². The van der Waals surface area contributed by atoms with E-state index in [2.05, 4.69) is 59.8 Å². The van der Waals surface area contributed by atoms with Gasteiger partial charge >= 0.3 is 5.97 Å². The fourth-order valence-electron chi connectivity index (χ4n) is 3.94. The van der Waals surface area contributed by atoms with Crippen molar-refractivity contribution in [2.75, 3.05) is 25.5 Å². The number of rotatable bonds is 5. The van der Waals surface area contributed by atoms with Gasteiger partial charge in [-0.3, -0.25) is 0 Å². The highest BCUT2D eigenvalue weighted by Gasteiger charge is 2.18. The molecule has 1 aliphatic carbocycles. The first-order valence-electron chi connectivity index (χ1n) is 14.0. The first-order valence-corrected chi connectivity index (χ1v) is 16.8. The summed E-state index contributed by atoms with van der Waals surface area (Å²) in [6, 6.07) is 5.68. The van der Waals surface area contributed by atoms with Crippen LogP contribution in [0.5, 0.6) is 0 Å². The van der Waals surface area contributed by atoms with E-state index in [-0.39, 0.29) is 5.41 Å². The summed E-state index contributed by atoms with van der Waals surface area (Å²) in [5.41, 5.74) is 0.545. The summed E-state index contributed by atoms with van der Waals surface area (Å²) in [7, 11) is 0.817. The minimum Gasteiger partial charge on any atom is -0.477 e. The molecule has 2 aromatic heterocycles. The van der Waals surface area contributed by atoms with Crippen molar-refractivity contribution in [3.05, 3.63) is 46.0 Å². The summed E-state index contributed by atoms with van der Waals surface area (Å²) in [4.78, 5) is 20.0. The Bertz CT molecular complexity index is 1150. The third-order valence-corrected chi connectivity index (χ3v) is 9.69. The number of carbonyl (C=O) groups is 2. The van der Waals surface area contributed by atoms with E-state index in [0.29, 0.717) is 10.6 Å². The quantitative estimate of drug-likeness (QED) is 0.253. The largest absolute Gasteiger partial charge is 0.477 e. The number of anilines is 1. The predicted octanol–water partition coefficient (Wildman–Crippen LogP) is 8.21. The highest BCUT2D eigenvalue weighted by atomic mass is 32.2. The van der Waals surface area contributed by atoms with Crippen LogP contribution in [0.25, 0.3) is 0 Å². The molecule has 43 heavy (non-hydrogen) atoms. The molecule has 1 atom stereocenters. The minimum atomic E-state index is -0.918. The summed E-state index contributed by atoms with van der Waals surface area (Å²) in [6.07, 6.45) is 28.9. The van der Waals surface area contributed by atoms with Gasteiger partial charge in [0.25, 0.3) is 0 Å². The predicted molar refractivity (Wildman–Crippen MR) is 187 cm³/mol. The van der Waals surface area contributed by atoms with Gasteiger partial charge in [0.05, 0.1) is 10.6 Å². The molecule has 3 heterocycles. The molecule has 9 heteroatoms. The molecule has 1 saturated carbocycles. The van der Waals surface area contributed by atoms with Crippen LogP contribution < -0.4 is 5.32 Å². The van der Waals surface area contributed by atoms with E-state index in [1.165, 1.54) is 62.7 Å². The first kappa shape index (κ1) is 42.0. The van der Waals surface area contributed by atoms with E-state index in [9.17, 15) is 9.00 Å². The SMILES string of the molecule is C#C.C#C.C=CC1CCCCC1.C=O.CNc1cc(C#CC(C)(C)C)sc1C(=O)O.O=S(c1cccs1)N1CCCCC1. The van der Waals surface area contributed by atoms with Crippen LogP contribution in [-0.4, -0.2) is 46.5 Å². The van der Waals surface area contributed by atoms with E-state index >= 15 is 0 Å². The van der Waals surface area contributed by atoms with Gasteiger partial charge in [0.15, 0.2) is 0 Å². The van der Waals surface area contributed by atoms with Gasteiger partial charge in [-0.15, -0.1) is 54.9 Å². The number of terminal acetylenes is 2. The Hall–Kier alpha value is -3.13. The van der Waals surface area contributed by atoms with E-state index in [4.69, 9.17) is 9.90 Å². The Labute approximate surface area is 271 Å². The van der Waals surface area contributed by atoms with Gasteiger partial charge < -0.3 is 15.2 Å². The molecule has 0 amide bonds. The zero-order chi connectivity index (χ0) is 33.3. The van der Waals surface area contributed by atoms with Crippen molar-refractivity contribution in [3.63, 3.8) is 0 Å². The zero-order valence-electron chi connectivity index (χ0n) is 26.1. The third-order valence-electron chi connectivity index (χ3n) is 5.96. The average molecular weight is 645 g/mol. The average Bonchev–Trinajstić information content (AvgIpc) is 3.75. The Morgan fingerprint density at radius 2 is 1.65 bits per heavy atom. The number of carboxylic acids is 1. The normalized spacial score (nSPS) is 14.9. The molecule has 2 N–H and O–H groups in total. The molecule has 1 saturated heterocycles. The van der Waals surface area contributed by atoms with Crippen LogP contribution in [0.4, 0.5) is 5.69 Å². The van der Waals surface area contributed by atoms with Crippen molar-refractivity contribution >= 4 is 52.1 Å². The van der Waals surface area contributed by atoms with Gasteiger partial charge in [-0.1, -0.05) is 49.7 Å². The lowest BCUT2D eigenvalue weighted by molar-refractivity contribution is -0.0980. The molecule has 0 bridgehead atoms. The molecule has 0 aromatic carbocycles. The highest BCUT2D eigenvalue weighted by Crippen LogP contribution is 2.27. The maximum Gasteiger partial charge on any atom is 0.348 e. The Morgan fingerprint density at radius 3 is 2.05 bits per heavy atom. The maximum atomic E-state index is 11.9. The number of piperidine rings is 1. The van der Waals surface area contributed by atoms with Crippen LogP contribution in [-0.2, 0) is 15.8 Å². The Morgan fingerprint density at radius 1 is 1.09 bits per heavy atom. The number of aromatic carboxylic acids is 1. The van der Waals surface area contributed by atoms with E-state index in [0.717, 1.165) is 28.1 Å². The van der Waals surface area contributed by atoms with Crippen LogP contribution in [0.1, 0.15) is 86.7 Å². The second-order valence-corrected chi connectivity index (χ2v) is 13.9. The number of hydrogen-bond acceptors (Lipinski definition) is 6. The molecule has 0 radical (unpaired) electrons. The number of carbonyl (C=O) groups excluding carboxylic acids is 1. The summed E-state index contributed by atoms with van der Waals surface area (Å²) in [6.45, 7) is 13.8. The molecule has 4 rings (SSSR count). The van der Waals surface area contributed by atoms with Gasteiger partial charge in [-0.05, 0) is 69.9 Å². The van der Waals surface area contributed by atoms with Crippen molar-refractivity contribution in [3.8, 4) is 37.5 Å². The smallest absolute Gasteiger partial charge is 0.348 e. The third kappa shape index (κ3) is 18.2. The van der Waals surface area contributed by atoms with Crippen LogP contribution in [0.3, 0.4) is 0 Å². The lowest BCUT2D eigenvalue weighted by Gasteiger charge is -2.24. The molecular weight excluding hydrogens is 597 g/mol. The topological polar surface area (TPSA) is 86.7 Å². The van der Waals surface area contributed by atoms with Crippen LogP contribution in [0, 0.1) is 48.9 Å². The van der Waals surface area contributed by atoms with E-state index in [1.54, 1.807) is 24.5 Å². The fourth-order valence-corrected chi connectivity index (χ4v) is 7.09. The molecule has 236 valence electrons. The maximum absolute atomic E-state index is 11.9. The van der Waals surface area contributed by atoms with Crippen molar-refractivity contribution in [2.24, 2.45) is 11.3 Å². The molecule has 2 fully saturated rings. The molecule has 6 nitrogen and oxygen atoms in total. The lowest BCUT2D eigenvalue weighted by atomic mass is 9.90. The number of nitrogens with one attached hydrogen (secondary N) is 1. The highest BCUT2D eigenvalue weighted by molar-refractivity contribution is 7.85. The van der Waals surface area contributed by atoms with Crippen molar-refractivity contribution in [1.29, 1.82) is 0 Å². The molecule has 2 aromatic rings. The first-order chi connectivity index (χ1) is 20.6. The molecule has 1 aliphatic heterocycles. The summed E-state index contributed by atoms with van der Waals surface area (Å²) >= 11 is 2.78. The number of carboxylic acid groups (broad SMARTS) is 1. The number of thiophene rings is 2. The Balaban J connectivity index is 0. The van der Waals surface area contributed by atoms with Gasteiger partial charge in [0.1, 0.15) is 26.9 Å². The van der Waals surface area contributed by atoms with Crippen LogP contribution in [0.2, 0.25) is 0 Å². The summed E-state index contributed by atoms with van der Waals surface area (Å²) in [5, 5.41) is 13.8. The van der Waals surface area contributed by atoms with E-state index in [1.807, 2.05) is 45.1 Å². The zero-order valence-corrected chi connectivity index (χ0v) is 28.6. The lowest BCUT2D eigenvalue weighted by Crippen LogP contribution is -2.31. The minimum absolute atomic E-state index is 0.0762. The molecule has 0 spiro atoms. The van der Waals surface area contributed by atoms with Crippen molar-refractivity contribution in [2.45, 2.75) is 76.3 Å². The van der Waals surface area contributed by atoms with Gasteiger partial charge in [0, 0.05) is 25.6 Å². The van der Waals surface area contributed by atoms with E-state index < -0.39 is 17.0 Å². The fraction of sp³-hybridized carbons (Fsp3) is 0.471. The monoisotopic (exact) mass is 644 g/mol. The Kier molecular flexibility index (Phi) is 24.8. The summed E-state index contributed by atoms with van der Waals surface area (Å²) < 4.78 is 15.0. The standard InChI is InChI=1S/C12H15NO2S.C9H13NOS2.C8H14.2C2H2.CH2O/c1-12(2,3)6-5-8-7-9(13-4)10(16-8)11(14)15;11-13(9-5-4-8-12-9)10-6-2-1-3-7-10;1-2-8-6-4-3-5-7-8;3*1-2/h7,13H,1-4H3,(H,14,15);4-5,8H,1-3,6-7H2;2,8H,1,3-7H2;2*1-2H;1H2. The van der Waals surface area contributed by atoms with Crippen LogP contribution in [0.15, 0.2) is 40.4 Å². The number of hydrogen-bond donors (Lipinski definition) is 2. The number of allylic oxidation sites excluding steroid dienone is 1. The van der Waals surface area contributed by atoms with Gasteiger partial charge in [-0.2, -0.15) is 0 Å². The van der Waals surface area contributed by atoms with Gasteiger partial charge in [-0.25, -0.2) is 13.3 Å². The van der Waals surface area contributed by atoms with Crippen molar-refractivity contribution in [1.82, 2.24) is 4.31 Å². The number of nitrogens with zero attached hydrogens (tertiary/aromatic N) is 1. The van der Waals surface area contributed by atoms with Crippen molar-refractivity contribution < 1.29 is 18.9 Å². The second kappa shape index (κ2) is 25.4.